The van der Waals surface area contributed by atoms with E-state index in [2.05, 4.69) is 34.8 Å². The van der Waals surface area contributed by atoms with E-state index in [0.717, 1.165) is 19.3 Å². The lowest BCUT2D eigenvalue weighted by atomic mass is 9.85. The van der Waals surface area contributed by atoms with E-state index in [1.54, 1.807) is 23.0 Å². The summed E-state index contributed by atoms with van der Waals surface area (Å²) in [6.07, 6.45) is 3.87. The van der Waals surface area contributed by atoms with E-state index >= 15 is 0 Å². The van der Waals surface area contributed by atoms with Crippen LogP contribution in [0.2, 0.25) is 0 Å². The van der Waals surface area contributed by atoms with Crippen molar-refractivity contribution in [2.45, 2.75) is 99.7 Å². The van der Waals surface area contributed by atoms with Gasteiger partial charge in [0.2, 0.25) is 5.91 Å². The summed E-state index contributed by atoms with van der Waals surface area (Å²) in [4.78, 5) is 22.2. The molecule has 1 aromatic heterocycles. The Hall–Kier alpha value is -2.92. The largest absolute Gasteiger partial charge is 0.483 e. The maximum absolute atomic E-state index is 13.9. The molecule has 5 heterocycles. The molecule has 1 aromatic carbocycles. The molecule has 0 radical (unpaired) electrons. The number of halogens is 1. The van der Waals surface area contributed by atoms with Crippen LogP contribution >= 0.6 is 11.8 Å². The van der Waals surface area contributed by atoms with Gasteiger partial charge in [-0.1, -0.05) is 38.1 Å². The summed E-state index contributed by atoms with van der Waals surface area (Å²) in [5, 5.41) is 54.8. The van der Waals surface area contributed by atoms with Crippen molar-refractivity contribution in [3.63, 3.8) is 0 Å². The zero-order valence-electron chi connectivity index (χ0n) is 27.9. The summed E-state index contributed by atoms with van der Waals surface area (Å²) >= 11 is 1.27. The van der Waals surface area contributed by atoms with Gasteiger partial charge in [-0.3, -0.25) is 9.59 Å². The molecule has 15 heteroatoms. The fourth-order valence-electron chi connectivity index (χ4n) is 7.41. The molecule has 0 spiro atoms. The van der Waals surface area contributed by atoms with Gasteiger partial charge < -0.3 is 40.5 Å². The van der Waals surface area contributed by atoms with Crippen LogP contribution in [0.15, 0.2) is 42.6 Å². The molecular formula is C34H48FN5O8S. The average molecular weight is 706 g/mol. The van der Waals surface area contributed by atoms with E-state index in [4.69, 9.17) is 19.4 Å². The molecule has 270 valence electrons. The van der Waals surface area contributed by atoms with Gasteiger partial charge in [-0.05, 0) is 73.6 Å². The summed E-state index contributed by atoms with van der Waals surface area (Å²) in [5.41, 5.74) is 0.346. The van der Waals surface area contributed by atoms with Gasteiger partial charge in [-0.25, -0.2) is 9.07 Å². The van der Waals surface area contributed by atoms with E-state index < -0.39 is 41.9 Å². The number of thioether (sulfide) groups is 1. The quantitative estimate of drug-likeness (QED) is 0.190. The second kappa shape index (κ2) is 16.9. The molecule has 4 aliphatic heterocycles. The smallest absolute Gasteiger partial charge is 0.290 e. The summed E-state index contributed by atoms with van der Waals surface area (Å²) in [6, 6.07) is 4.69. The number of benzene rings is 1. The van der Waals surface area contributed by atoms with Gasteiger partial charge >= 0.3 is 0 Å². The standard InChI is InChI=1S/C33H46FN5O6S.CH2O2/c1-17(2)13-19-11-12-44-30-20(14-19)15-35-26(30)32(43)36-25-18(3)5-4-6-24(46-33-29(42)27(40)28(41)31(25)45-33)23-16-39(38-37-23)22-9-7-21(34)8-10-22;2-1-3/h4-5,7-10,16-20,24-31,33,35,40-42H,6,11-15H2,1-3H3,(H,36,43);1H,(H,2,3)/t18-,19+,20+,24+,25-,26+,27+,28-,29-,30-,31-,33-;/m1./s1. The van der Waals surface area contributed by atoms with Crippen molar-refractivity contribution in [3.8, 4) is 5.69 Å². The Kier molecular flexibility index (Phi) is 12.8. The van der Waals surface area contributed by atoms with Gasteiger partial charge in [0.15, 0.2) is 0 Å². The number of carboxylic acid groups (broad SMARTS) is 1. The number of hydrogen-bond acceptors (Lipinski definition) is 11. The number of ether oxygens (including phenoxy) is 2. The lowest BCUT2D eigenvalue weighted by Crippen LogP contribution is -2.65. The second-order valence-corrected chi connectivity index (χ2v) is 15.1. The lowest BCUT2D eigenvalue weighted by molar-refractivity contribution is -0.207. The number of aliphatic hydroxyl groups is 3. The van der Waals surface area contributed by atoms with Crippen molar-refractivity contribution in [1.82, 2.24) is 25.6 Å². The maximum Gasteiger partial charge on any atom is 0.290 e. The minimum Gasteiger partial charge on any atom is -0.483 e. The molecule has 4 aliphatic rings. The molecule has 12 atom stereocenters. The fourth-order valence-corrected chi connectivity index (χ4v) is 8.72. The Balaban J connectivity index is 0.00000151. The highest BCUT2D eigenvalue weighted by Crippen LogP contribution is 2.42. The van der Waals surface area contributed by atoms with Crippen LogP contribution in [0.3, 0.4) is 0 Å². The number of aliphatic hydroxyl groups excluding tert-OH is 3. The van der Waals surface area contributed by atoms with Gasteiger partial charge in [0, 0.05) is 13.2 Å². The van der Waals surface area contributed by atoms with Crippen molar-refractivity contribution >= 4 is 24.1 Å². The van der Waals surface area contributed by atoms with Crippen LogP contribution in [0.25, 0.3) is 5.69 Å². The number of aromatic nitrogens is 3. The molecule has 6 N–H and O–H groups in total. The zero-order valence-corrected chi connectivity index (χ0v) is 28.7. The van der Waals surface area contributed by atoms with Gasteiger partial charge in [0.1, 0.15) is 41.7 Å². The highest BCUT2D eigenvalue weighted by Gasteiger charge is 2.50. The number of hydrogen-bond donors (Lipinski definition) is 6. The fraction of sp³-hybridized carbons (Fsp3) is 0.647. The van der Waals surface area contributed by atoms with E-state index in [9.17, 15) is 24.5 Å². The summed E-state index contributed by atoms with van der Waals surface area (Å²) in [6.45, 7) is 7.49. The van der Waals surface area contributed by atoms with Gasteiger partial charge in [0.05, 0.1) is 35.0 Å². The predicted octanol–water partition coefficient (Wildman–Crippen LogP) is 2.20. The first-order chi connectivity index (χ1) is 23.5. The predicted molar refractivity (Wildman–Crippen MR) is 179 cm³/mol. The minimum absolute atomic E-state index is 0.229. The molecule has 13 nitrogen and oxygen atoms in total. The van der Waals surface area contributed by atoms with Crippen molar-refractivity contribution in [2.24, 2.45) is 23.7 Å². The van der Waals surface area contributed by atoms with Crippen molar-refractivity contribution in [1.29, 1.82) is 0 Å². The number of amides is 1. The highest BCUT2D eigenvalue weighted by molar-refractivity contribution is 8.00. The molecule has 49 heavy (non-hydrogen) atoms. The number of rotatable bonds is 6. The van der Waals surface area contributed by atoms with E-state index in [1.807, 2.05) is 19.1 Å². The maximum atomic E-state index is 13.9. The third-order valence-electron chi connectivity index (χ3n) is 9.81. The highest BCUT2D eigenvalue weighted by atomic mass is 32.2. The van der Waals surface area contributed by atoms with Crippen LogP contribution in [-0.4, -0.2) is 109 Å². The monoisotopic (exact) mass is 705 g/mol. The van der Waals surface area contributed by atoms with E-state index in [-0.39, 0.29) is 41.4 Å². The Morgan fingerprint density at radius 2 is 1.92 bits per heavy atom. The normalized spacial score (nSPS) is 36.2. The van der Waals surface area contributed by atoms with Crippen LogP contribution in [0.4, 0.5) is 4.39 Å². The number of nitrogens with one attached hydrogen (secondary N) is 2. The summed E-state index contributed by atoms with van der Waals surface area (Å²) in [5.74, 6) is 0.569. The molecule has 3 saturated heterocycles. The third kappa shape index (κ3) is 8.88. The minimum atomic E-state index is -1.49. The molecule has 3 fully saturated rings. The first kappa shape index (κ1) is 37.3. The molecule has 6 rings (SSSR count). The topological polar surface area (TPSA) is 188 Å². The van der Waals surface area contributed by atoms with Crippen molar-refractivity contribution < 1.29 is 43.9 Å². The molecule has 0 aliphatic carbocycles. The summed E-state index contributed by atoms with van der Waals surface area (Å²) < 4.78 is 27.6. The van der Waals surface area contributed by atoms with Crippen LogP contribution < -0.4 is 10.6 Å². The van der Waals surface area contributed by atoms with Gasteiger partial charge in [-0.2, -0.15) is 0 Å². The number of allylic oxidation sites excluding steroid dienone is 1. The lowest BCUT2D eigenvalue weighted by Gasteiger charge is -2.45. The zero-order chi connectivity index (χ0) is 35.2. The second-order valence-electron chi connectivity index (χ2n) is 13.8. The molecule has 2 aromatic rings. The number of carbonyl (C=O) groups excluding carboxylic acids is 1. The van der Waals surface area contributed by atoms with Gasteiger partial charge in [0.25, 0.3) is 6.47 Å². The average Bonchev–Trinajstić information content (AvgIpc) is 3.67. The number of fused-ring (bicyclic) bond motifs is 3. The van der Waals surface area contributed by atoms with Crippen molar-refractivity contribution in [2.75, 3.05) is 13.2 Å². The van der Waals surface area contributed by atoms with E-state index in [1.165, 1.54) is 23.9 Å². The number of nitrogens with zero attached hydrogens (tertiary/aromatic N) is 3. The van der Waals surface area contributed by atoms with Gasteiger partial charge in [-0.15, -0.1) is 16.9 Å². The molecular weight excluding hydrogens is 657 g/mol. The first-order valence-electron chi connectivity index (χ1n) is 16.9. The Morgan fingerprint density at radius 3 is 2.63 bits per heavy atom. The molecule has 1 amide bonds. The Labute approximate surface area is 289 Å². The van der Waals surface area contributed by atoms with Crippen LogP contribution in [0, 0.1) is 29.5 Å². The molecule has 0 unspecified atom stereocenters. The SMILES string of the molecule is CC(C)C[C@@H]1CCO[C@@H]2[C@H](CN[C@@H]2C(=O)N[C@H]2[C@H]3O[C@H](S[C@H](c4cn(-c5ccc(F)cc5)nn4)CC=C[C@H]2C)[C@H](O)[C@@H](O)[C@H]3O)C1.O=CO. The molecule has 2 bridgehead atoms. The van der Waals surface area contributed by atoms with Crippen LogP contribution in [-0.2, 0) is 19.1 Å². The van der Waals surface area contributed by atoms with Crippen molar-refractivity contribution in [3.05, 3.63) is 54.1 Å². The van der Waals surface area contributed by atoms with E-state index in [0.29, 0.717) is 42.8 Å². The van der Waals surface area contributed by atoms with Crippen LogP contribution in [0.5, 0.6) is 0 Å². The first-order valence-corrected chi connectivity index (χ1v) is 17.9. The molecule has 0 saturated carbocycles. The summed E-state index contributed by atoms with van der Waals surface area (Å²) in [7, 11) is 0. The number of carbonyl (C=O) groups is 2. The Bertz CT molecular complexity index is 1420. The van der Waals surface area contributed by atoms with Crippen LogP contribution in [0.1, 0.15) is 57.4 Å². The Morgan fingerprint density at radius 1 is 1.18 bits per heavy atom. The third-order valence-corrected chi connectivity index (χ3v) is 11.2.